The second kappa shape index (κ2) is 6.11. The van der Waals surface area contributed by atoms with Crippen LogP contribution in [-0.4, -0.2) is 42.4 Å². The molecule has 1 aliphatic heterocycles. The third kappa shape index (κ3) is 3.32. The summed E-state index contributed by atoms with van der Waals surface area (Å²) in [5, 5.41) is 0. The van der Waals surface area contributed by atoms with Crippen LogP contribution < -0.4 is 10.6 Å². The molecule has 1 unspecified atom stereocenters. The lowest BCUT2D eigenvalue weighted by Gasteiger charge is -2.41. The van der Waals surface area contributed by atoms with Gasteiger partial charge < -0.3 is 15.5 Å². The highest BCUT2D eigenvalue weighted by Gasteiger charge is 2.34. The molecule has 1 fully saturated rings. The number of piperazine rings is 1. The standard InChI is InChI=1S/C15H20FN3O2/c1-10(2)15(21)19-8-7-18(9-13(19)14(17)20)12-5-3-11(16)4-6-12/h3-6,10,13H,7-9H2,1-2H3,(H2,17,20). The number of nitrogens with two attached hydrogens (primary N) is 1. The largest absolute Gasteiger partial charge is 0.368 e. The maximum atomic E-state index is 13.0. The van der Waals surface area contributed by atoms with E-state index >= 15 is 0 Å². The molecule has 1 aromatic rings. The highest BCUT2D eigenvalue weighted by molar-refractivity contribution is 5.88. The second-order valence-electron chi connectivity index (χ2n) is 5.53. The number of hydrogen-bond acceptors (Lipinski definition) is 3. The fourth-order valence-electron chi connectivity index (χ4n) is 2.51. The van der Waals surface area contributed by atoms with Gasteiger partial charge in [-0.2, -0.15) is 0 Å². The van der Waals surface area contributed by atoms with Crippen molar-refractivity contribution in [3.05, 3.63) is 30.1 Å². The first kappa shape index (κ1) is 15.3. The van der Waals surface area contributed by atoms with Crippen molar-refractivity contribution in [3.63, 3.8) is 0 Å². The van der Waals surface area contributed by atoms with E-state index in [2.05, 4.69) is 0 Å². The number of halogens is 1. The van der Waals surface area contributed by atoms with Crippen LogP contribution in [0.5, 0.6) is 0 Å². The molecule has 6 heteroatoms. The van der Waals surface area contributed by atoms with Gasteiger partial charge in [-0.15, -0.1) is 0 Å². The van der Waals surface area contributed by atoms with Gasteiger partial charge in [0.1, 0.15) is 11.9 Å². The van der Waals surface area contributed by atoms with Gasteiger partial charge in [0.25, 0.3) is 0 Å². The summed E-state index contributed by atoms with van der Waals surface area (Å²) in [6, 6.07) is 5.42. The van der Waals surface area contributed by atoms with Crippen LogP contribution in [0.4, 0.5) is 10.1 Å². The molecule has 2 N–H and O–H groups in total. The first-order chi connectivity index (χ1) is 9.90. The van der Waals surface area contributed by atoms with Gasteiger partial charge in [0.2, 0.25) is 11.8 Å². The molecule has 1 aliphatic rings. The zero-order valence-corrected chi connectivity index (χ0v) is 12.3. The highest BCUT2D eigenvalue weighted by Crippen LogP contribution is 2.20. The summed E-state index contributed by atoms with van der Waals surface area (Å²) >= 11 is 0. The predicted octanol–water partition coefficient (Wildman–Crippen LogP) is 0.984. The first-order valence-electron chi connectivity index (χ1n) is 7.00. The van der Waals surface area contributed by atoms with Gasteiger partial charge in [-0.25, -0.2) is 4.39 Å². The van der Waals surface area contributed by atoms with Crippen molar-refractivity contribution in [3.8, 4) is 0 Å². The minimum atomic E-state index is -0.654. The van der Waals surface area contributed by atoms with Gasteiger partial charge >= 0.3 is 0 Å². The van der Waals surface area contributed by atoms with E-state index in [0.717, 1.165) is 5.69 Å². The lowest BCUT2D eigenvalue weighted by molar-refractivity contribution is -0.142. The zero-order valence-electron chi connectivity index (χ0n) is 12.3. The van der Waals surface area contributed by atoms with E-state index in [4.69, 9.17) is 5.73 Å². The van der Waals surface area contributed by atoms with E-state index in [9.17, 15) is 14.0 Å². The molecule has 0 spiro atoms. The molecule has 1 saturated heterocycles. The number of hydrogen-bond donors (Lipinski definition) is 1. The van der Waals surface area contributed by atoms with Gasteiger partial charge in [0.15, 0.2) is 0 Å². The Morgan fingerprint density at radius 1 is 1.24 bits per heavy atom. The summed E-state index contributed by atoms with van der Waals surface area (Å²) in [5.41, 5.74) is 6.26. The third-order valence-corrected chi connectivity index (χ3v) is 3.68. The molecule has 5 nitrogen and oxygen atoms in total. The van der Waals surface area contributed by atoms with Crippen LogP contribution in [0.25, 0.3) is 0 Å². The summed E-state index contributed by atoms with van der Waals surface area (Å²) < 4.78 is 13.0. The van der Waals surface area contributed by atoms with Crippen LogP contribution in [0.1, 0.15) is 13.8 Å². The summed E-state index contributed by atoms with van der Waals surface area (Å²) in [6.07, 6.45) is 0. The van der Waals surface area contributed by atoms with E-state index in [1.54, 1.807) is 30.9 Å². The average molecular weight is 293 g/mol. The minimum Gasteiger partial charge on any atom is -0.368 e. The molecule has 0 aromatic heterocycles. The molecule has 0 radical (unpaired) electrons. The normalized spacial score (nSPS) is 19.0. The Morgan fingerprint density at radius 3 is 2.38 bits per heavy atom. The number of primary amides is 1. The minimum absolute atomic E-state index is 0.0717. The van der Waals surface area contributed by atoms with Crippen LogP contribution in [0, 0.1) is 11.7 Å². The molecule has 2 amide bonds. The average Bonchev–Trinajstić information content (AvgIpc) is 2.46. The van der Waals surface area contributed by atoms with Crippen molar-refractivity contribution in [2.75, 3.05) is 24.5 Å². The van der Waals surface area contributed by atoms with Crippen molar-refractivity contribution in [2.24, 2.45) is 11.7 Å². The number of carbonyl (C=O) groups excluding carboxylic acids is 2. The molecule has 0 bridgehead atoms. The number of anilines is 1. The first-order valence-corrected chi connectivity index (χ1v) is 7.00. The molecule has 21 heavy (non-hydrogen) atoms. The Hall–Kier alpha value is -2.11. The Labute approximate surface area is 123 Å². The third-order valence-electron chi connectivity index (χ3n) is 3.68. The fourth-order valence-corrected chi connectivity index (χ4v) is 2.51. The van der Waals surface area contributed by atoms with Gasteiger partial charge in [0, 0.05) is 31.2 Å². The van der Waals surface area contributed by atoms with Gasteiger partial charge in [-0.1, -0.05) is 13.8 Å². The molecule has 0 saturated carbocycles. The topological polar surface area (TPSA) is 66.6 Å². The van der Waals surface area contributed by atoms with Gasteiger partial charge in [-0.3, -0.25) is 9.59 Å². The number of carbonyl (C=O) groups is 2. The summed E-state index contributed by atoms with van der Waals surface area (Å²) in [5.74, 6) is -1.07. The molecule has 114 valence electrons. The Balaban J connectivity index is 2.17. The Morgan fingerprint density at radius 2 is 1.86 bits per heavy atom. The summed E-state index contributed by atoms with van der Waals surface area (Å²) in [6.45, 7) is 4.95. The molecular formula is C15H20FN3O2. The number of benzene rings is 1. The molecule has 1 atom stereocenters. The molecule has 1 heterocycles. The fraction of sp³-hybridized carbons (Fsp3) is 0.467. The molecule has 1 aromatic carbocycles. The van der Waals surface area contributed by atoms with Crippen LogP contribution in [-0.2, 0) is 9.59 Å². The number of rotatable bonds is 3. The quantitative estimate of drug-likeness (QED) is 0.903. The van der Waals surface area contributed by atoms with E-state index in [-0.39, 0.29) is 17.6 Å². The highest BCUT2D eigenvalue weighted by atomic mass is 19.1. The molecule has 0 aliphatic carbocycles. The Bertz CT molecular complexity index is 530. The SMILES string of the molecule is CC(C)C(=O)N1CCN(c2ccc(F)cc2)CC1C(N)=O. The number of amides is 2. The van der Waals surface area contributed by atoms with Gasteiger partial charge in [0.05, 0.1) is 0 Å². The van der Waals surface area contributed by atoms with E-state index in [1.807, 2.05) is 4.90 Å². The molecular weight excluding hydrogens is 273 g/mol. The summed E-state index contributed by atoms with van der Waals surface area (Å²) in [4.78, 5) is 27.3. The van der Waals surface area contributed by atoms with Crippen molar-refractivity contribution >= 4 is 17.5 Å². The monoisotopic (exact) mass is 293 g/mol. The number of nitrogens with zero attached hydrogens (tertiary/aromatic N) is 2. The second-order valence-corrected chi connectivity index (χ2v) is 5.53. The maximum Gasteiger partial charge on any atom is 0.242 e. The van der Waals surface area contributed by atoms with Crippen LogP contribution >= 0.6 is 0 Å². The van der Waals surface area contributed by atoms with Gasteiger partial charge in [-0.05, 0) is 24.3 Å². The molecule has 2 rings (SSSR count). The smallest absolute Gasteiger partial charge is 0.242 e. The van der Waals surface area contributed by atoms with Crippen LogP contribution in [0.15, 0.2) is 24.3 Å². The Kier molecular flexibility index (Phi) is 4.45. The van der Waals surface area contributed by atoms with Crippen LogP contribution in [0.3, 0.4) is 0 Å². The lowest BCUT2D eigenvalue weighted by atomic mass is 10.1. The zero-order chi connectivity index (χ0) is 15.6. The van der Waals surface area contributed by atoms with Crippen molar-refractivity contribution in [1.82, 2.24) is 4.90 Å². The predicted molar refractivity (Wildman–Crippen MR) is 78.1 cm³/mol. The van der Waals surface area contributed by atoms with Crippen molar-refractivity contribution in [2.45, 2.75) is 19.9 Å². The van der Waals surface area contributed by atoms with E-state index in [1.165, 1.54) is 12.1 Å². The van der Waals surface area contributed by atoms with E-state index in [0.29, 0.717) is 19.6 Å². The summed E-state index contributed by atoms with van der Waals surface area (Å²) in [7, 11) is 0. The van der Waals surface area contributed by atoms with E-state index < -0.39 is 11.9 Å². The lowest BCUT2D eigenvalue weighted by Crippen LogP contribution is -2.60. The van der Waals surface area contributed by atoms with Crippen LogP contribution in [0.2, 0.25) is 0 Å². The van der Waals surface area contributed by atoms with Crippen molar-refractivity contribution < 1.29 is 14.0 Å². The maximum absolute atomic E-state index is 13.0. The van der Waals surface area contributed by atoms with Crippen molar-refractivity contribution in [1.29, 1.82) is 0 Å².